The highest BCUT2D eigenvalue weighted by atomic mass is 32.2. The largest absolute Gasteiger partial charge is 0.313 e. The van der Waals surface area contributed by atoms with Crippen LogP contribution >= 0.6 is 11.8 Å². The maximum atomic E-state index is 11.9. The lowest BCUT2D eigenvalue weighted by molar-refractivity contribution is 0.369. The molecule has 0 spiro atoms. The summed E-state index contributed by atoms with van der Waals surface area (Å²) in [5.41, 5.74) is 0. The van der Waals surface area contributed by atoms with Crippen LogP contribution in [0.15, 0.2) is 0 Å². The first-order valence-electron chi connectivity index (χ1n) is 5.20. The predicted octanol–water partition coefficient (Wildman–Crippen LogP) is 2.61. The van der Waals surface area contributed by atoms with Crippen LogP contribution in [0, 0.1) is 0 Å². The van der Waals surface area contributed by atoms with Crippen molar-refractivity contribution in [1.82, 2.24) is 5.32 Å². The van der Waals surface area contributed by atoms with E-state index in [0.717, 1.165) is 11.8 Å². The third-order valence-corrected chi connectivity index (χ3v) is 3.89. The molecule has 2 unspecified atom stereocenters. The first-order chi connectivity index (χ1) is 6.38. The van der Waals surface area contributed by atoms with Gasteiger partial charge in [-0.1, -0.05) is 12.8 Å². The molecular formula is C10H20FNS. The van der Waals surface area contributed by atoms with Crippen molar-refractivity contribution in [3.05, 3.63) is 0 Å². The second-order valence-electron chi connectivity index (χ2n) is 3.66. The molecule has 1 nitrogen and oxygen atoms in total. The molecule has 1 aliphatic rings. The van der Waals surface area contributed by atoms with E-state index >= 15 is 0 Å². The van der Waals surface area contributed by atoms with Gasteiger partial charge < -0.3 is 5.32 Å². The summed E-state index contributed by atoms with van der Waals surface area (Å²) in [5.74, 6) is 0. The quantitative estimate of drug-likeness (QED) is 0.692. The molecule has 0 radical (unpaired) electrons. The van der Waals surface area contributed by atoms with Gasteiger partial charge in [-0.2, -0.15) is 11.8 Å². The Hall–Kier alpha value is 0.240. The minimum atomic E-state index is -0.191. The van der Waals surface area contributed by atoms with E-state index in [9.17, 15) is 4.39 Å². The normalized spacial score (nSPS) is 29.1. The first kappa shape index (κ1) is 11.3. The molecule has 0 aromatic carbocycles. The molecule has 78 valence electrons. The summed E-state index contributed by atoms with van der Waals surface area (Å²) in [6.45, 7) is 0.655. The van der Waals surface area contributed by atoms with Crippen LogP contribution in [0.3, 0.4) is 0 Å². The van der Waals surface area contributed by atoms with E-state index in [1.165, 1.54) is 25.7 Å². The van der Waals surface area contributed by atoms with Gasteiger partial charge in [-0.15, -0.1) is 0 Å². The van der Waals surface area contributed by atoms with E-state index in [2.05, 4.69) is 11.6 Å². The fourth-order valence-electron chi connectivity index (χ4n) is 1.97. The SMILES string of the molecule is CSC1CCCCC1NCCCF. The maximum Gasteiger partial charge on any atom is 0.0906 e. The Balaban J connectivity index is 2.19. The Morgan fingerprint density at radius 1 is 1.38 bits per heavy atom. The zero-order chi connectivity index (χ0) is 9.52. The number of hydrogen-bond donors (Lipinski definition) is 1. The van der Waals surface area contributed by atoms with Gasteiger partial charge in [0.2, 0.25) is 0 Å². The highest BCUT2D eigenvalue weighted by Crippen LogP contribution is 2.26. The minimum absolute atomic E-state index is 0.191. The van der Waals surface area contributed by atoms with E-state index in [4.69, 9.17) is 0 Å². The second-order valence-corrected chi connectivity index (χ2v) is 4.74. The van der Waals surface area contributed by atoms with Crippen LogP contribution in [0.5, 0.6) is 0 Å². The molecule has 1 rings (SSSR count). The maximum absolute atomic E-state index is 11.9. The van der Waals surface area contributed by atoms with Gasteiger partial charge in [0.1, 0.15) is 0 Å². The molecule has 3 heteroatoms. The van der Waals surface area contributed by atoms with Crippen LogP contribution in [0.4, 0.5) is 4.39 Å². The molecule has 0 heterocycles. The molecule has 1 aliphatic carbocycles. The number of hydrogen-bond acceptors (Lipinski definition) is 2. The standard InChI is InChI=1S/C10H20FNS/c1-13-10-6-3-2-5-9(10)12-8-4-7-11/h9-10,12H,2-8H2,1H3. The summed E-state index contributed by atoms with van der Waals surface area (Å²) >= 11 is 1.96. The Bertz CT molecular complexity index is 132. The Kier molecular flexibility index (Phi) is 5.80. The van der Waals surface area contributed by atoms with E-state index < -0.39 is 0 Å². The van der Waals surface area contributed by atoms with Crippen molar-refractivity contribution in [2.75, 3.05) is 19.5 Å². The topological polar surface area (TPSA) is 12.0 Å². The van der Waals surface area contributed by atoms with Gasteiger partial charge >= 0.3 is 0 Å². The fourth-order valence-corrected chi connectivity index (χ4v) is 2.93. The highest BCUT2D eigenvalue weighted by molar-refractivity contribution is 7.99. The van der Waals surface area contributed by atoms with Crippen LogP contribution < -0.4 is 5.32 Å². The molecule has 2 atom stereocenters. The van der Waals surface area contributed by atoms with E-state index in [1.807, 2.05) is 11.8 Å². The number of nitrogens with one attached hydrogen (secondary N) is 1. The van der Waals surface area contributed by atoms with Gasteiger partial charge in [0.05, 0.1) is 6.67 Å². The van der Waals surface area contributed by atoms with Gasteiger partial charge in [-0.05, 0) is 32.1 Å². The molecule has 1 fully saturated rings. The average Bonchev–Trinajstić information content (AvgIpc) is 2.19. The van der Waals surface area contributed by atoms with Crippen molar-refractivity contribution in [2.45, 2.75) is 43.4 Å². The van der Waals surface area contributed by atoms with Crippen LogP contribution in [-0.4, -0.2) is 30.8 Å². The van der Waals surface area contributed by atoms with Gasteiger partial charge in [0.15, 0.2) is 0 Å². The van der Waals surface area contributed by atoms with Gasteiger partial charge in [0, 0.05) is 11.3 Å². The summed E-state index contributed by atoms with van der Waals surface area (Å²) in [5, 5.41) is 4.22. The monoisotopic (exact) mass is 205 g/mol. The van der Waals surface area contributed by atoms with Crippen molar-refractivity contribution in [3.8, 4) is 0 Å². The summed E-state index contributed by atoms with van der Waals surface area (Å²) in [4.78, 5) is 0. The van der Waals surface area contributed by atoms with Crippen LogP contribution in [0.2, 0.25) is 0 Å². The fraction of sp³-hybridized carbons (Fsp3) is 1.00. The number of alkyl halides is 1. The van der Waals surface area contributed by atoms with Crippen molar-refractivity contribution in [1.29, 1.82) is 0 Å². The Morgan fingerprint density at radius 3 is 2.85 bits per heavy atom. The zero-order valence-corrected chi connectivity index (χ0v) is 9.21. The van der Waals surface area contributed by atoms with E-state index in [0.29, 0.717) is 12.5 Å². The van der Waals surface area contributed by atoms with Gasteiger partial charge in [-0.3, -0.25) is 4.39 Å². The van der Waals surface area contributed by atoms with Crippen LogP contribution in [0.25, 0.3) is 0 Å². The summed E-state index contributed by atoms with van der Waals surface area (Å²) in [6, 6.07) is 0.635. The Labute approximate surface area is 84.9 Å². The second kappa shape index (κ2) is 6.66. The molecule has 0 aliphatic heterocycles. The van der Waals surface area contributed by atoms with Crippen LogP contribution in [-0.2, 0) is 0 Å². The van der Waals surface area contributed by atoms with Gasteiger partial charge in [0.25, 0.3) is 0 Å². The van der Waals surface area contributed by atoms with Crippen molar-refractivity contribution in [3.63, 3.8) is 0 Å². The molecule has 0 aromatic heterocycles. The summed E-state index contributed by atoms with van der Waals surface area (Å²) in [7, 11) is 0. The van der Waals surface area contributed by atoms with E-state index in [-0.39, 0.29) is 6.67 Å². The smallest absolute Gasteiger partial charge is 0.0906 e. The third kappa shape index (κ3) is 3.86. The van der Waals surface area contributed by atoms with Crippen molar-refractivity contribution in [2.24, 2.45) is 0 Å². The lowest BCUT2D eigenvalue weighted by atomic mass is 9.95. The number of rotatable bonds is 5. The minimum Gasteiger partial charge on any atom is -0.313 e. The molecule has 0 aromatic rings. The molecule has 0 bridgehead atoms. The lowest BCUT2D eigenvalue weighted by Crippen LogP contribution is -2.40. The van der Waals surface area contributed by atoms with Crippen molar-refractivity contribution >= 4 is 11.8 Å². The highest BCUT2D eigenvalue weighted by Gasteiger charge is 2.23. The van der Waals surface area contributed by atoms with E-state index in [1.54, 1.807) is 0 Å². The third-order valence-electron chi connectivity index (χ3n) is 2.72. The average molecular weight is 205 g/mol. The molecule has 13 heavy (non-hydrogen) atoms. The molecule has 1 saturated carbocycles. The molecule has 0 saturated heterocycles. The number of halogens is 1. The van der Waals surface area contributed by atoms with Crippen molar-refractivity contribution < 1.29 is 4.39 Å². The molecule has 0 amide bonds. The summed E-state index contributed by atoms with van der Waals surface area (Å²) in [6.07, 6.45) is 8.15. The molecule has 1 N–H and O–H groups in total. The Morgan fingerprint density at radius 2 is 2.15 bits per heavy atom. The summed E-state index contributed by atoms with van der Waals surface area (Å²) < 4.78 is 11.9. The first-order valence-corrected chi connectivity index (χ1v) is 6.49. The molecular weight excluding hydrogens is 185 g/mol. The zero-order valence-electron chi connectivity index (χ0n) is 8.39. The van der Waals surface area contributed by atoms with Gasteiger partial charge in [-0.25, -0.2) is 0 Å². The van der Waals surface area contributed by atoms with Crippen LogP contribution in [0.1, 0.15) is 32.1 Å². The lowest BCUT2D eigenvalue weighted by Gasteiger charge is -2.31. The number of thioether (sulfide) groups is 1. The predicted molar refractivity (Wildman–Crippen MR) is 58.2 cm³/mol.